The van der Waals surface area contributed by atoms with Gasteiger partial charge in [0.1, 0.15) is 6.29 Å². The lowest BCUT2D eigenvalue weighted by atomic mass is 10.0. The van der Waals surface area contributed by atoms with Gasteiger partial charge in [-0.2, -0.15) is 0 Å². The van der Waals surface area contributed by atoms with E-state index in [1.807, 2.05) is 13.1 Å². The normalized spacial score (nSPS) is 12.6. The van der Waals surface area contributed by atoms with Gasteiger partial charge in [-0.3, -0.25) is 4.79 Å². The summed E-state index contributed by atoms with van der Waals surface area (Å²) in [5.41, 5.74) is 1.58. The van der Waals surface area contributed by atoms with E-state index >= 15 is 0 Å². The fourth-order valence-electron chi connectivity index (χ4n) is 1.55. The topological polar surface area (TPSA) is 20.3 Å². The molecule has 1 unspecified atom stereocenters. The van der Waals surface area contributed by atoms with Crippen LogP contribution in [-0.2, 0) is 0 Å². The maximum atomic E-state index is 10.6. The number of hydrogen-bond donors (Lipinski definition) is 0. The second-order valence-electron chi connectivity index (χ2n) is 4.42. The number of hydrogen-bond acceptors (Lipinski definition) is 2. The zero-order valence-corrected chi connectivity index (χ0v) is 11.0. The van der Waals surface area contributed by atoms with E-state index in [-0.39, 0.29) is 0 Å². The molecule has 0 saturated heterocycles. The van der Waals surface area contributed by atoms with E-state index in [2.05, 4.69) is 25.7 Å². The Labute approximate surface area is 102 Å². The van der Waals surface area contributed by atoms with Gasteiger partial charge in [0.15, 0.2) is 0 Å². The van der Waals surface area contributed by atoms with Gasteiger partial charge in [-0.1, -0.05) is 25.4 Å². The molecule has 1 aromatic rings. The highest BCUT2D eigenvalue weighted by molar-refractivity contribution is 6.33. The van der Waals surface area contributed by atoms with Gasteiger partial charge in [0.2, 0.25) is 0 Å². The smallest absolute Gasteiger partial charge is 0.150 e. The molecule has 0 aliphatic heterocycles. The van der Waals surface area contributed by atoms with Crippen LogP contribution in [0.5, 0.6) is 0 Å². The molecule has 0 spiro atoms. The van der Waals surface area contributed by atoms with Gasteiger partial charge in [-0.05, 0) is 31.0 Å². The molecule has 16 heavy (non-hydrogen) atoms. The number of nitrogens with zero attached hydrogens (tertiary/aromatic N) is 1. The largest absolute Gasteiger partial charge is 0.370 e. The summed E-state index contributed by atoms with van der Waals surface area (Å²) in [4.78, 5) is 12.8. The standard InChI is InChI=1S/C13H18ClNO/c1-9(2)10(3)15(4)13-6-5-11(8-16)7-12(13)14/h5-10H,1-4H3. The van der Waals surface area contributed by atoms with Crippen molar-refractivity contribution in [1.82, 2.24) is 0 Å². The fraction of sp³-hybridized carbons (Fsp3) is 0.462. The van der Waals surface area contributed by atoms with Gasteiger partial charge in [0.25, 0.3) is 0 Å². The molecular formula is C13H18ClNO. The third-order valence-corrected chi connectivity index (χ3v) is 3.37. The summed E-state index contributed by atoms with van der Waals surface area (Å²) in [5.74, 6) is 0.548. The van der Waals surface area contributed by atoms with Gasteiger partial charge in [0, 0.05) is 18.7 Å². The van der Waals surface area contributed by atoms with Crippen LogP contribution in [0.15, 0.2) is 18.2 Å². The minimum Gasteiger partial charge on any atom is -0.370 e. The molecule has 1 rings (SSSR count). The number of carbonyl (C=O) groups is 1. The van der Waals surface area contributed by atoms with E-state index in [1.165, 1.54) is 0 Å². The van der Waals surface area contributed by atoms with E-state index < -0.39 is 0 Å². The van der Waals surface area contributed by atoms with Crippen molar-refractivity contribution in [2.75, 3.05) is 11.9 Å². The Morgan fingerprint density at radius 3 is 2.38 bits per heavy atom. The first-order chi connectivity index (χ1) is 7.47. The molecule has 0 fully saturated rings. The molecule has 0 aliphatic carbocycles. The maximum Gasteiger partial charge on any atom is 0.150 e. The number of aldehydes is 1. The van der Waals surface area contributed by atoms with Crippen molar-refractivity contribution in [2.45, 2.75) is 26.8 Å². The molecule has 0 amide bonds. The van der Waals surface area contributed by atoms with Crippen molar-refractivity contribution >= 4 is 23.6 Å². The molecule has 2 nitrogen and oxygen atoms in total. The highest BCUT2D eigenvalue weighted by Crippen LogP contribution is 2.28. The van der Waals surface area contributed by atoms with Gasteiger partial charge >= 0.3 is 0 Å². The predicted molar refractivity (Wildman–Crippen MR) is 69.5 cm³/mol. The second kappa shape index (κ2) is 5.35. The Hall–Kier alpha value is -1.02. The average molecular weight is 240 g/mol. The summed E-state index contributed by atoms with van der Waals surface area (Å²) in [5, 5.41) is 0.625. The first-order valence-corrected chi connectivity index (χ1v) is 5.82. The molecule has 0 saturated carbocycles. The molecule has 0 bridgehead atoms. The van der Waals surface area contributed by atoms with E-state index in [9.17, 15) is 4.79 Å². The maximum absolute atomic E-state index is 10.6. The number of rotatable bonds is 4. The van der Waals surface area contributed by atoms with Crippen molar-refractivity contribution in [2.24, 2.45) is 5.92 Å². The van der Waals surface area contributed by atoms with Crippen LogP contribution in [0.25, 0.3) is 0 Å². The Bertz CT molecular complexity index is 376. The van der Waals surface area contributed by atoms with E-state index in [0.29, 0.717) is 22.5 Å². The van der Waals surface area contributed by atoms with Crippen LogP contribution < -0.4 is 4.90 Å². The van der Waals surface area contributed by atoms with Crippen LogP contribution in [0.3, 0.4) is 0 Å². The number of benzene rings is 1. The number of halogens is 1. The van der Waals surface area contributed by atoms with Gasteiger partial charge in [-0.15, -0.1) is 0 Å². The van der Waals surface area contributed by atoms with Gasteiger partial charge < -0.3 is 4.90 Å². The van der Waals surface area contributed by atoms with E-state index in [0.717, 1.165) is 12.0 Å². The summed E-state index contributed by atoms with van der Waals surface area (Å²) in [6.07, 6.45) is 0.807. The highest BCUT2D eigenvalue weighted by Gasteiger charge is 2.15. The summed E-state index contributed by atoms with van der Waals surface area (Å²) in [6.45, 7) is 6.51. The van der Waals surface area contributed by atoms with Crippen LogP contribution in [0.2, 0.25) is 5.02 Å². The number of anilines is 1. The minimum absolute atomic E-state index is 0.402. The molecule has 0 aromatic heterocycles. The monoisotopic (exact) mass is 239 g/mol. The van der Waals surface area contributed by atoms with Crippen LogP contribution in [0.1, 0.15) is 31.1 Å². The third kappa shape index (κ3) is 2.76. The molecule has 1 atom stereocenters. The molecule has 88 valence electrons. The van der Waals surface area contributed by atoms with Crippen LogP contribution in [0, 0.1) is 5.92 Å². The molecule has 0 heterocycles. The van der Waals surface area contributed by atoms with Crippen molar-refractivity contribution in [3.05, 3.63) is 28.8 Å². The molecular weight excluding hydrogens is 222 g/mol. The zero-order valence-electron chi connectivity index (χ0n) is 10.2. The predicted octanol–water partition coefficient (Wildman–Crippen LogP) is 3.63. The summed E-state index contributed by atoms with van der Waals surface area (Å²) in [7, 11) is 2.02. The molecule has 0 radical (unpaired) electrons. The highest BCUT2D eigenvalue weighted by atomic mass is 35.5. The minimum atomic E-state index is 0.402. The SMILES string of the molecule is CC(C)C(C)N(C)c1ccc(C=O)cc1Cl. The lowest BCUT2D eigenvalue weighted by Crippen LogP contribution is -2.33. The zero-order chi connectivity index (χ0) is 12.3. The van der Waals surface area contributed by atoms with Crippen molar-refractivity contribution in [3.63, 3.8) is 0 Å². The van der Waals surface area contributed by atoms with Crippen molar-refractivity contribution in [3.8, 4) is 0 Å². The summed E-state index contributed by atoms with van der Waals surface area (Å²) in [6, 6.07) is 5.79. The Morgan fingerprint density at radius 1 is 1.31 bits per heavy atom. The molecule has 1 aromatic carbocycles. The Morgan fingerprint density at radius 2 is 1.94 bits per heavy atom. The van der Waals surface area contributed by atoms with Crippen LogP contribution in [0.4, 0.5) is 5.69 Å². The number of carbonyl (C=O) groups excluding carboxylic acids is 1. The van der Waals surface area contributed by atoms with Crippen LogP contribution >= 0.6 is 11.6 Å². The van der Waals surface area contributed by atoms with E-state index in [1.54, 1.807) is 12.1 Å². The van der Waals surface area contributed by atoms with Crippen LogP contribution in [-0.4, -0.2) is 19.4 Å². The lowest BCUT2D eigenvalue weighted by molar-refractivity contribution is 0.112. The molecule has 0 aliphatic rings. The Balaban J connectivity index is 3.00. The fourth-order valence-corrected chi connectivity index (χ4v) is 1.87. The summed E-state index contributed by atoms with van der Waals surface area (Å²) < 4.78 is 0. The average Bonchev–Trinajstić information content (AvgIpc) is 2.26. The first-order valence-electron chi connectivity index (χ1n) is 5.45. The van der Waals surface area contributed by atoms with E-state index in [4.69, 9.17) is 11.6 Å². The summed E-state index contributed by atoms with van der Waals surface area (Å²) >= 11 is 6.15. The van der Waals surface area contributed by atoms with Gasteiger partial charge in [0.05, 0.1) is 10.7 Å². The van der Waals surface area contributed by atoms with Crippen molar-refractivity contribution < 1.29 is 4.79 Å². The molecule has 3 heteroatoms. The first kappa shape index (κ1) is 13.0. The third-order valence-electron chi connectivity index (χ3n) is 3.06. The second-order valence-corrected chi connectivity index (χ2v) is 4.83. The quantitative estimate of drug-likeness (QED) is 0.748. The van der Waals surface area contributed by atoms with Gasteiger partial charge in [-0.25, -0.2) is 0 Å². The lowest BCUT2D eigenvalue weighted by Gasteiger charge is -2.30. The Kier molecular flexibility index (Phi) is 4.36. The molecule has 0 N–H and O–H groups in total. The van der Waals surface area contributed by atoms with Crippen molar-refractivity contribution in [1.29, 1.82) is 0 Å².